The molecule has 0 saturated carbocycles. The number of amides is 3. The number of morpholine rings is 1. The number of hydrogen-bond acceptors (Lipinski definition) is 5. The normalized spacial score (nSPS) is 20.9. The highest BCUT2D eigenvalue weighted by Crippen LogP contribution is 2.27. The molecule has 1 aromatic heterocycles. The summed E-state index contributed by atoms with van der Waals surface area (Å²) in [7, 11) is 0. The van der Waals surface area contributed by atoms with Crippen molar-refractivity contribution < 1.29 is 14.3 Å². The summed E-state index contributed by atoms with van der Waals surface area (Å²) >= 11 is 0. The van der Waals surface area contributed by atoms with Gasteiger partial charge in [0.1, 0.15) is 0 Å². The zero-order valence-corrected chi connectivity index (χ0v) is 19.5. The highest BCUT2D eigenvalue weighted by molar-refractivity contribution is 5.93. The van der Waals surface area contributed by atoms with Crippen LogP contribution >= 0.6 is 0 Å². The van der Waals surface area contributed by atoms with Crippen LogP contribution in [0.25, 0.3) is 5.69 Å². The first-order valence-electron chi connectivity index (χ1n) is 11.3. The van der Waals surface area contributed by atoms with Crippen LogP contribution in [0.3, 0.4) is 0 Å². The summed E-state index contributed by atoms with van der Waals surface area (Å²) in [5.41, 5.74) is 4.24. The van der Waals surface area contributed by atoms with Crippen molar-refractivity contribution in [2.75, 3.05) is 19.6 Å². The zero-order chi connectivity index (χ0) is 23.0. The summed E-state index contributed by atoms with van der Waals surface area (Å²) in [5, 5.41) is 11.5. The Morgan fingerprint density at radius 3 is 2.56 bits per heavy atom. The molecule has 0 spiro atoms. The average molecular weight is 441 g/mol. The predicted molar refractivity (Wildman–Crippen MR) is 120 cm³/mol. The molecule has 0 unspecified atom stereocenters. The minimum absolute atomic E-state index is 0.00460. The molecule has 2 aromatic rings. The molecule has 0 bridgehead atoms. The average Bonchev–Trinajstić information content (AvgIpc) is 3.12. The number of hydrogen-bond donors (Lipinski definition) is 1. The lowest BCUT2D eigenvalue weighted by Crippen LogP contribution is -2.48. The van der Waals surface area contributed by atoms with Crippen LogP contribution in [-0.2, 0) is 17.7 Å². The van der Waals surface area contributed by atoms with Crippen molar-refractivity contribution in [2.45, 2.75) is 65.8 Å². The fourth-order valence-electron chi connectivity index (χ4n) is 4.55. The third kappa shape index (κ3) is 4.34. The minimum Gasteiger partial charge on any atom is -0.372 e. The van der Waals surface area contributed by atoms with Crippen LogP contribution in [0.2, 0.25) is 0 Å². The predicted octanol–water partition coefficient (Wildman–Crippen LogP) is 2.30. The number of aromatic nitrogens is 3. The van der Waals surface area contributed by atoms with Crippen molar-refractivity contribution in [1.29, 1.82) is 0 Å². The molecule has 172 valence electrons. The minimum atomic E-state index is -0.114. The molecule has 0 radical (unpaired) electrons. The molecule has 2 aliphatic heterocycles. The maximum Gasteiger partial charge on any atom is 0.317 e. The van der Waals surface area contributed by atoms with E-state index in [1.165, 1.54) is 0 Å². The van der Waals surface area contributed by atoms with Crippen LogP contribution in [0.4, 0.5) is 4.79 Å². The molecular weight excluding hydrogens is 408 g/mol. The lowest BCUT2D eigenvalue weighted by atomic mass is 9.97. The standard InChI is InChI=1S/C23H32N6O3/c1-14(2)24-23(31)27-10-9-19-18(13-27)7-6-8-20(19)29-17(5)21(25-26-29)22(30)28-11-15(3)32-16(4)12-28/h6-8,14-16H,9-13H2,1-5H3,(H,24,31)/t15-,16-/m0/s1. The molecule has 1 aromatic carbocycles. The lowest BCUT2D eigenvalue weighted by molar-refractivity contribution is -0.0587. The van der Waals surface area contributed by atoms with Gasteiger partial charge < -0.3 is 19.9 Å². The van der Waals surface area contributed by atoms with E-state index in [-0.39, 0.29) is 30.2 Å². The number of ether oxygens (including phenoxy) is 1. The Balaban J connectivity index is 1.58. The molecule has 1 N–H and O–H groups in total. The van der Waals surface area contributed by atoms with E-state index >= 15 is 0 Å². The van der Waals surface area contributed by atoms with E-state index in [1.54, 1.807) is 9.58 Å². The van der Waals surface area contributed by atoms with Crippen LogP contribution in [-0.4, -0.2) is 74.6 Å². The zero-order valence-electron chi connectivity index (χ0n) is 19.5. The third-order valence-electron chi connectivity index (χ3n) is 5.97. The third-order valence-corrected chi connectivity index (χ3v) is 5.97. The van der Waals surface area contributed by atoms with E-state index in [9.17, 15) is 9.59 Å². The Bertz CT molecular complexity index is 1010. The Morgan fingerprint density at radius 2 is 1.88 bits per heavy atom. The van der Waals surface area contributed by atoms with Gasteiger partial charge in [0.15, 0.2) is 5.69 Å². The number of rotatable bonds is 3. The highest BCUT2D eigenvalue weighted by atomic mass is 16.5. The second kappa shape index (κ2) is 8.90. The van der Waals surface area contributed by atoms with E-state index in [4.69, 9.17) is 4.74 Å². The Morgan fingerprint density at radius 1 is 1.16 bits per heavy atom. The van der Waals surface area contributed by atoms with Gasteiger partial charge in [0.05, 0.1) is 23.6 Å². The van der Waals surface area contributed by atoms with Gasteiger partial charge in [-0.2, -0.15) is 0 Å². The molecule has 9 heteroatoms. The molecule has 1 fully saturated rings. The van der Waals surface area contributed by atoms with Crippen molar-refractivity contribution in [3.8, 4) is 5.69 Å². The summed E-state index contributed by atoms with van der Waals surface area (Å²) < 4.78 is 7.50. The van der Waals surface area contributed by atoms with Crippen molar-refractivity contribution in [3.05, 3.63) is 40.7 Å². The lowest BCUT2D eigenvalue weighted by Gasteiger charge is -2.35. The Kier molecular flexibility index (Phi) is 6.19. The van der Waals surface area contributed by atoms with E-state index in [1.807, 2.05) is 57.7 Å². The van der Waals surface area contributed by atoms with Gasteiger partial charge in [-0.15, -0.1) is 5.10 Å². The molecular formula is C23H32N6O3. The van der Waals surface area contributed by atoms with Gasteiger partial charge >= 0.3 is 6.03 Å². The van der Waals surface area contributed by atoms with Gasteiger partial charge in [0.2, 0.25) is 0 Å². The summed E-state index contributed by atoms with van der Waals surface area (Å²) in [6.45, 7) is 12.0. The maximum absolute atomic E-state index is 13.2. The molecule has 0 aliphatic carbocycles. The van der Waals surface area contributed by atoms with Crippen molar-refractivity contribution in [2.24, 2.45) is 0 Å². The molecule has 2 aliphatic rings. The van der Waals surface area contributed by atoms with Gasteiger partial charge in [0.25, 0.3) is 5.91 Å². The quantitative estimate of drug-likeness (QED) is 0.791. The monoisotopic (exact) mass is 440 g/mol. The molecule has 9 nitrogen and oxygen atoms in total. The number of fused-ring (bicyclic) bond motifs is 1. The molecule has 1 saturated heterocycles. The summed E-state index contributed by atoms with van der Waals surface area (Å²) in [4.78, 5) is 29.2. The fourth-order valence-corrected chi connectivity index (χ4v) is 4.55. The smallest absolute Gasteiger partial charge is 0.317 e. The van der Waals surface area contributed by atoms with Crippen LogP contribution in [0.5, 0.6) is 0 Å². The molecule has 3 heterocycles. The van der Waals surface area contributed by atoms with Gasteiger partial charge in [-0.05, 0) is 58.2 Å². The first-order chi connectivity index (χ1) is 15.2. The Hall–Kier alpha value is -2.94. The molecule has 4 rings (SSSR count). The van der Waals surface area contributed by atoms with Crippen molar-refractivity contribution in [3.63, 3.8) is 0 Å². The molecule has 3 amide bonds. The number of urea groups is 1. The van der Waals surface area contributed by atoms with Crippen LogP contribution < -0.4 is 5.32 Å². The van der Waals surface area contributed by atoms with Crippen molar-refractivity contribution in [1.82, 2.24) is 30.1 Å². The van der Waals surface area contributed by atoms with Crippen molar-refractivity contribution >= 4 is 11.9 Å². The fraction of sp³-hybridized carbons (Fsp3) is 0.565. The van der Waals surface area contributed by atoms with E-state index in [0.29, 0.717) is 31.9 Å². The first kappa shape index (κ1) is 22.3. The van der Waals surface area contributed by atoms with Crippen LogP contribution in [0, 0.1) is 6.92 Å². The first-order valence-corrected chi connectivity index (χ1v) is 11.3. The highest BCUT2D eigenvalue weighted by Gasteiger charge is 2.30. The summed E-state index contributed by atoms with van der Waals surface area (Å²) in [5.74, 6) is -0.114. The number of carbonyl (C=O) groups excluding carboxylic acids is 2. The van der Waals surface area contributed by atoms with E-state index in [2.05, 4.69) is 15.6 Å². The van der Waals surface area contributed by atoms with E-state index in [0.717, 1.165) is 28.9 Å². The maximum atomic E-state index is 13.2. The summed E-state index contributed by atoms with van der Waals surface area (Å²) in [6.07, 6.45) is 0.711. The number of nitrogens with one attached hydrogen (secondary N) is 1. The largest absolute Gasteiger partial charge is 0.372 e. The number of carbonyl (C=O) groups is 2. The topological polar surface area (TPSA) is 92.6 Å². The molecule has 2 atom stereocenters. The number of benzene rings is 1. The summed E-state index contributed by atoms with van der Waals surface area (Å²) in [6, 6.07) is 6.06. The van der Waals surface area contributed by atoms with Crippen LogP contribution in [0.1, 0.15) is 55.0 Å². The second-order valence-corrected chi connectivity index (χ2v) is 9.09. The van der Waals surface area contributed by atoms with Gasteiger partial charge in [-0.25, -0.2) is 9.48 Å². The van der Waals surface area contributed by atoms with E-state index < -0.39 is 0 Å². The van der Waals surface area contributed by atoms with Gasteiger partial charge in [-0.1, -0.05) is 17.3 Å². The molecule has 32 heavy (non-hydrogen) atoms. The SMILES string of the molecule is Cc1c(C(=O)N2C[C@H](C)O[C@@H](C)C2)nnn1-c1cccc2c1CCN(C(=O)NC(C)C)C2. The van der Waals surface area contributed by atoms with Crippen LogP contribution in [0.15, 0.2) is 18.2 Å². The van der Waals surface area contributed by atoms with Gasteiger partial charge in [0, 0.05) is 32.2 Å². The second-order valence-electron chi connectivity index (χ2n) is 9.09. The number of nitrogens with zero attached hydrogens (tertiary/aromatic N) is 5. The van der Waals surface area contributed by atoms with Gasteiger partial charge in [-0.3, -0.25) is 4.79 Å². The Labute approximate surface area is 188 Å².